The minimum Gasteiger partial charge on any atom is -0.478 e. The molecule has 0 fully saturated rings. The van der Waals surface area contributed by atoms with Crippen molar-refractivity contribution in [2.45, 2.75) is 57.8 Å². The molecule has 29 heavy (non-hydrogen) atoms. The molecular weight excluding hydrogens is 390 g/mol. The van der Waals surface area contributed by atoms with Gasteiger partial charge in [-0.2, -0.15) is 0 Å². The number of hydrogen-bond acceptors (Lipinski definition) is 4. The van der Waals surface area contributed by atoms with Gasteiger partial charge in [0.2, 0.25) is 0 Å². The number of oxime groups is 1. The highest BCUT2D eigenvalue weighted by atomic mass is 35.5. The summed E-state index contributed by atoms with van der Waals surface area (Å²) >= 11 is 6.04. The molecule has 0 spiro atoms. The third kappa shape index (κ3) is 4.80. The predicted octanol–water partition coefficient (Wildman–Crippen LogP) is 5.70. The molecule has 1 aliphatic rings. The molecule has 2 aromatic rings. The van der Waals surface area contributed by atoms with Gasteiger partial charge in [0.05, 0.1) is 12.3 Å². The lowest BCUT2D eigenvalue weighted by Gasteiger charge is -2.31. The third-order valence-corrected chi connectivity index (χ3v) is 5.50. The molecule has 1 N–H and O–H groups in total. The zero-order valence-corrected chi connectivity index (χ0v) is 17.5. The van der Waals surface area contributed by atoms with E-state index in [1.165, 1.54) is 0 Å². The van der Waals surface area contributed by atoms with E-state index in [1.54, 1.807) is 24.3 Å². The molecule has 2 aromatic carbocycles. The van der Waals surface area contributed by atoms with Crippen molar-refractivity contribution in [1.29, 1.82) is 0 Å². The van der Waals surface area contributed by atoms with Gasteiger partial charge in [-0.1, -0.05) is 66.5 Å². The van der Waals surface area contributed by atoms with Crippen LogP contribution in [-0.2, 0) is 21.0 Å². The SMILES string of the molecule is CCCCC1=NOC(C(=O)O)(C(OCc2ccccc2C)c2ccc(Cl)cc2)C1. The largest absolute Gasteiger partial charge is 0.478 e. The van der Waals surface area contributed by atoms with Crippen LogP contribution in [0.4, 0.5) is 0 Å². The van der Waals surface area contributed by atoms with Gasteiger partial charge in [0.15, 0.2) is 0 Å². The van der Waals surface area contributed by atoms with Gasteiger partial charge in [-0.05, 0) is 48.6 Å². The first-order valence-corrected chi connectivity index (χ1v) is 10.2. The number of carboxylic acid groups (broad SMARTS) is 1. The van der Waals surface area contributed by atoms with Crippen LogP contribution in [0.3, 0.4) is 0 Å². The van der Waals surface area contributed by atoms with Crippen molar-refractivity contribution in [3.05, 3.63) is 70.2 Å². The number of hydrogen-bond donors (Lipinski definition) is 1. The quantitative estimate of drug-likeness (QED) is 0.570. The number of unbranched alkanes of at least 4 members (excludes halogenated alkanes) is 1. The molecule has 0 saturated carbocycles. The highest BCUT2D eigenvalue weighted by molar-refractivity contribution is 6.30. The van der Waals surface area contributed by atoms with Crippen LogP contribution in [0.1, 0.15) is 55.4 Å². The van der Waals surface area contributed by atoms with E-state index in [2.05, 4.69) is 12.1 Å². The minimum atomic E-state index is -1.60. The zero-order valence-electron chi connectivity index (χ0n) is 16.7. The summed E-state index contributed by atoms with van der Waals surface area (Å²) in [6, 6.07) is 14.9. The van der Waals surface area contributed by atoms with Gasteiger partial charge >= 0.3 is 5.97 Å². The summed E-state index contributed by atoms with van der Waals surface area (Å²) in [5.41, 5.74) is 1.93. The fourth-order valence-corrected chi connectivity index (χ4v) is 3.60. The maximum absolute atomic E-state index is 12.4. The highest BCUT2D eigenvalue weighted by Crippen LogP contribution is 2.41. The number of carbonyl (C=O) groups is 1. The van der Waals surface area contributed by atoms with Gasteiger partial charge in [0, 0.05) is 11.4 Å². The van der Waals surface area contributed by atoms with Gasteiger partial charge in [-0.25, -0.2) is 4.79 Å². The lowest BCUT2D eigenvalue weighted by Crippen LogP contribution is -2.46. The van der Waals surface area contributed by atoms with E-state index in [4.69, 9.17) is 21.2 Å². The van der Waals surface area contributed by atoms with Crippen molar-refractivity contribution in [2.75, 3.05) is 0 Å². The number of ether oxygens (including phenoxy) is 1. The number of halogens is 1. The maximum Gasteiger partial charge on any atom is 0.354 e. The first-order valence-electron chi connectivity index (χ1n) is 9.85. The Morgan fingerprint density at radius 1 is 1.28 bits per heavy atom. The zero-order chi connectivity index (χ0) is 20.9. The Bertz CT molecular complexity index is 881. The van der Waals surface area contributed by atoms with Crippen molar-refractivity contribution in [3.8, 4) is 0 Å². The number of aryl methyl sites for hydroxylation is 1. The molecule has 0 aliphatic carbocycles. The second-order valence-corrected chi connectivity index (χ2v) is 7.83. The van der Waals surface area contributed by atoms with Crippen molar-refractivity contribution < 1.29 is 19.5 Å². The Labute approximate surface area is 176 Å². The van der Waals surface area contributed by atoms with Crippen molar-refractivity contribution >= 4 is 23.3 Å². The van der Waals surface area contributed by atoms with Crippen LogP contribution in [0.2, 0.25) is 5.02 Å². The van der Waals surface area contributed by atoms with Gasteiger partial charge in [0.1, 0.15) is 6.10 Å². The lowest BCUT2D eigenvalue weighted by molar-refractivity contribution is -0.187. The van der Waals surface area contributed by atoms with Crippen LogP contribution in [-0.4, -0.2) is 22.4 Å². The number of nitrogens with zero attached hydrogens (tertiary/aromatic N) is 1. The normalized spacial score (nSPS) is 19.5. The first kappa shape index (κ1) is 21.3. The van der Waals surface area contributed by atoms with E-state index in [0.717, 1.165) is 36.1 Å². The van der Waals surface area contributed by atoms with E-state index >= 15 is 0 Å². The molecular formula is C23H26ClNO4. The molecule has 1 aliphatic heterocycles. The number of benzene rings is 2. The van der Waals surface area contributed by atoms with Crippen molar-refractivity contribution in [2.24, 2.45) is 5.16 Å². The Balaban J connectivity index is 1.91. The Morgan fingerprint density at radius 2 is 2.00 bits per heavy atom. The molecule has 0 amide bonds. The van der Waals surface area contributed by atoms with E-state index < -0.39 is 17.7 Å². The summed E-state index contributed by atoms with van der Waals surface area (Å²) < 4.78 is 6.21. The number of carboxylic acids is 1. The van der Waals surface area contributed by atoms with Gasteiger partial charge in [-0.15, -0.1) is 0 Å². The van der Waals surface area contributed by atoms with Crippen LogP contribution in [0.25, 0.3) is 0 Å². The fourth-order valence-electron chi connectivity index (χ4n) is 3.48. The van der Waals surface area contributed by atoms with Crippen molar-refractivity contribution in [1.82, 2.24) is 0 Å². The maximum atomic E-state index is 12.4. The average Bonchev–Trinajstić information content (AvgIpc) is 3.14. The predicted molar refractivity (Wildman–Crippen MR) is 113 cm³/mol. The molecule has 0 saturated heterocycles. The van der Waals surface area contributed by atoms with Crippen LogP contribution in [0.5, 0.6) is 0 Å². The van der Waals surface area contributed by atoms with E-state index in [0.29, 0.717) is 10.6 Å². The van der Waals surface area contributed by atoms with Crippen LogP contribution in [0.15, 0.2) is 53.7 Å². The monoisotopic (exact) mass is 415 g/mol. The van der Waals surface area contributed by atoms with E-state index in [-0.39, 0.29) is 13.0 Å². The fraction of sp³-hybridized carbons (Fsp3) is 0.391. The van der Waals surface area contributed by atoms with E-state index in [9.17, 15) is 9.90 Å². The lowest BCUT2D eigenvalue weighted by atomic mass is 9.85. The minimum absolute atomic E-state index is 0.198. The second kappa shape index (κ2) is 9.42. The molecule has 3 rings (SSSR count). The molecule has 6 heteroatoms. The van der Waals surface area contributed by atoms with E-state index in [1.807, 2.05) is 31.2 Å². The van der Waals surface area contributed by atoms with Gasteiger partial charge in [0.25, 0.3) is 5.60 Å². The van der Waals surface area contributed by atoms with Gasteiger partial charge < -0.3 is 14.7 Å². The standard InChI is InChI=1S/C23H26ClNO4/c1-3-4-9-20-14-23(22(26)27,29-25-20)21(17-10-12-19(24)13-11-17)28-15-18-8-6-5-7-16(18)2/h5-8,10-13,21H,3-4,9,14-15H2,1-2H3,(H,26,27). The molecule has 0 bridgehead atoms. The van der Waals surface area contributed by atoms with Gasteiger partial charge in [-0.3, -0.25) is 0 Å². The number of aliphatic carboxylic acids is 1. The smallest absolute Gasteiger partial charge is 0.354 e. The highest BCUT2D eigenvalue weighted by Gasteiger charge is 2.54. The Hall–Kier alpha value is -2.37. The van der Waals surface area contributed by atoms with Crippen molar-refractivity contribution in [3.63, 3.8) is 0 Å². The molecule has 1 heterocycles. The molecule has 0 radical (unpaired) electrons. The first-order chi connectivity index (χ1) is 14.0. The molecule has 2 unspecified atom stereocenters. The Morgan fingerprint density at radius 3 is 2.66 bits per heavy atom. The summed E-state index contributed by atoms with van der Waals surface area (Å²) in [5.74, 6) is -1.09. The molecule has 154 valence electrons. The summed E-state index contributed by atoms with van der Waals surface area (Å²) in [6.07, 6.45) is 2.02. The molecule has 5 nitrogen and oxygen atoms in total. The molecule has 0 aromatic heterocycles. The summed E-state index contributed by atoms with van der Waals surface area (Å²) in [6.45, 7) is 4.35. The third-order valence-electron chi connectivity index (χ3n) is 5.25. The Kier molecular flexibility index (Phi) is 6.93. The number of rotatable bonds is 9. The summed E-state index contributed by atoms with van der Waals surface area (Å²) in [7, 11) is 0. The summed E-state index contributed by atoms with van der Waals surface area (Å²) in [5, 5.41) is 14.8. The molecule has 2 atom stereocenters. The van der Waals surface area contributed by atoms with Crippen LogP contribution >= 0.6 is 11.6 Å². The van der Waals surface area contributed by atoms with Crippen LogP contribution < -0.4 is 0 Å². The topological polar surface area (TPSA) is 68.1 Å². The van der Waals surface area contributed by atoms with Crippen LogP contribution in [0, 0.1) is 6.92 Å². The summed E-state index contributed by atoms with van der Waals surface area (Å²) in [4.78, 5) is 18.0. The second-order valence-electron chi connectivity index (χ2n) is 7.39. The average molecular weight is 416 g/mol.